The van der Waals surface area contributed by atoms with Crippen LogP contribution in [0.25, 0.3) is 0 Å². The third-order valence-electron chi connectivity index (χ3n) is 3.85. The van der Waals surface area contributed by atoms with Gasteiger partial charge in [-0.3, -0.25) is 4.79 Å². The van der Waals surface area contributed by atoms with Gasteiger partial charge in [0.2, 0.25) is 0 Å². The number of hydrogen-bond donors (Lipinski definition) is 0. The van der Waals surface area contributed by atoms with Crippen molar-refractivity contribution < 1.29 is 9.53 Å². The first-order valence-corrected chi connectivity index (χ1v) is 5.42. The Morgan fingerprint density at radius 2 is 1.92 bits per heavy atom. The van der Waals surface area contributed by atoms with Crippen molar-refractivity contribution in [1.29, 1.82) is 0 Å². The topological polar surface area (TPSA) is 26.3 Å². The highest BCUT2D eigenvalue weighted by Crippen LogP contribution is 2.46. The summed E-state index contributed by atoms with van der Waals surface area (Å²) >= 11 is 0. The molecular formula is C11H18O2. The Labute approximate surface area is 79.7 Å². The molecule has 1 saturated heterocycles. The van der Waals surface area contributed by atoms with Crippen molar-refractivity contribution in [3.8, 4) is 0 Å². The van der Waals surface area contributed by atoms with Gasteiger partial charge < -0.3 is 4.74 Å². The molecule has 74 valence electrons. The van der Waals surface area contributed by atoms with Crippen molar-refractivity contribution in [3.05, 3.63) is 0 Å². The molecule has 1 aliphatic carbocycles. The molecule has 2 heteroatoms. The van der Waals surface area contributed by atoms with Gasteiger partial charge >= 0.3 is 5.97 Å². The molecule has 0 aromatic rings. The first-order chi connectivity index (χ1) is 6.23. The van der Waals surface area contributed by atoms with Crippen LogP contribution in [0, 0.1) is 5.41 Å². The van der Waals surface area contributed by atoms with Gasteiger partial charge in [-0.15, -0.1) is 0 Å². The van der Waals surface area contributed by atoms with Crippen LogP contribution < -0.4 is 0 Å². The maximum atomic E-state index is 11.1. The van der Waals surface area contributed by atoms with Crippen LogP contribution in [0.4, 0.5) is 0 Å². The minimum atomic E-state index is 0.00342. The van der Waals surface area contributed by atoms with Crippen molar-refractivity contribution in [2.24, 2.45) is 5.41 Å². The van der Waals surface area contributed by atoms with Crippen molar-refractivity contribution in [3.63, 3.8) is 0 Å². The van der Waals surface area contributed by atoms with Crippen LogP contribution in [0.1, 0.15) is 51.9 Å². The van der Waals surface area contributed by atoms with E-state index in [-0.39, 0.29) is 12.1 Å². The van der Waals surface area contributed by atoms with E-state index in [0.29, 0.717) is 11.8 Å². The van der Waals surface area contributed by atoms with Crippen LogP contribution in [-0.4, -0.2) is 12.1 Å². The van der Waals surface area contributed by atoms with Crippen molar-refractivity contribution in [2.45, 2.75) is 58.0 Å². The van der Waals surface area contributed by atoms with Gasteiger partial charge in [0.1, 0.15) is 6.10 Å². The van der Waals surface area contributed by atoms with E-state index >= 15 is 0 Å². The van der Waals surface area contributed by atoms with E-state index in [4.69, 9.17) is 4.74 Å². The standard InChI is InChI=1S/C11H18O2/c1-9-11(6-3-2-4-7-11)8-5-10(12)13-9/h9H,2-8H2,1H3. The molecule has 0 N–H and O–H groups in total. The molecule has 2 nitrogen and oxygen atoms in total. The summed E-state index contributed by atoms with van der Waals surface area (Å²) in [5, 5.41) is 0. The molecule has 1 spiro atoms. The van der Waals surface area contributed by atoms with Crippen LogP contribution >= 0.6 is 0 Å². The summed E-state index contributed by atoms with van der Waals surface area (Å²) in [7, 11) is 0. The van der Waals surface area contributed by atoms with Crippen LogP contribution in [0.2, 0.25) is 0 Å². The van der Waals surface area contributed by atoms with E-state index < -0.39 is 0 Å². The average molecular weight is 182 g/mol. The maximum Gasteiger partial charge on any atom is 0.306 e. The first-order valence-electron chi connectivity index (χ1n) is 5.42. The van der Waals surface area contributed by atoms with Crippen molar-refractivity contribution in [2.75, 3.05) is 0 Å². The van der Waals surface area contributed by atoms with Crippen LogP contribution in [-0.2, 0) is 9.53 Å². The molecule has 1 unspecified atom stereocenters. The lowest BCUT2D eigenvalue weighted by Crippen LogP contribution is -2.42. The summed E-state index contributed by atoms with van der Waals surface area (Å²) in [6, 6.07) is 0. The van der Waals surface area contributed by atoms with Gasteiger partial charge in [0.05, 0.1) is 0 Å². The van der Waals surface area contributed by atoms with Gasteiger partial charge in [-0.2, -0.15) is 0 Å². The molecule has 13 heavy (non-hydrogen) atoms. The number of esters is 1. The molecule has 0 aromatic heterocycles. The van der Waals surface area contributed by atoms with E-state index in [1.54, 1.807) is 0 Å². The number of hydrogen-bond acceptors (Lipinski definition) is 2. The molecule has 0 radical (unpaired) electrons. The lowest BCUT2D eigenvalue weighted by molar-refractivity contribution is -0.167. The molecule has 2 aliphatic rings. The largest absolute Gasteiger partial charge is 0.462 e. The minimum absolute atomic E-state index is 0.00342. The molecule has 1 atom stereocenters. The zero-order chi connectivity index (χ0) is 9.31. The fourth-order valence-electron chi connectivity index (χ4n) is 2.85. The normalized spacial score (nSPS) is 33.0. The van der Waals surface area contributed by atoms with Crippen LogP contribution in [0.5, 0.6) is 0 Å². The number of cyclic esters (lactones) is 1. The number of rotatable bonds is 0. The summed E-state index contributed by atoms with van der Waals surface area (Å²) in [4.78, 5) is 11.1. The predicted molar refractivity (Wildman–Crippen MR) is 50.3 cm³/mol. The lowest BCUT2D eigenvalue weighted by Gasteiger charge is -2.44. The highest BCUT2D eigenvalue weighted by molar-refractivity contribution is 5.70. The highest BCUT2D eigenvalue weighted by atomic mass is 16.5. The Bertz CT molecular complexity index is 204. The third kappa shape index (κ3) is 1.59. The second-order valence-corrected chi connectivity index (χ2v) is 4.56. The highest BCUT2D eigenvalue weighted by Gasteiger charge is 2.42. The van der Waals surface area contributed by atoms with Gasteiger partial charge in [-0.25, -0.2) is 0 Å². The minimum Gasteiger partial charge on any atom is -0.462 e. The molecule has 2 fully saturated rings. The van der Waals surface area contributed by atoms with Crippen molar-refractivity contribution >= 4 is 5.97 Å². The Morgan fingerprint density at radius 3 is 2.54 bits per heavy atom. The fraction of sp³-hybridized carbons (Fsp3) is 0.909. The van der Waals surface area contributed by atoms with E-state index in [9.17, 15) is 4.79 Å². The first kappa shape index (κ1) is 9.04. The smallest absolute Gasteiger partial charge is 0.306 e. The zero-order valence-electron chi connectivity index (χ0n) is 8.34. The molecule has 0 bridgehead atoms. The maximum absolute atomic E-state index is 11.1. The molecule has 1 saturated carbocycles. The van der Waals surface area contributed by atoms with Crippen LogP contribution in [0.15, 0.2) is 0 Å². The Hall–Kier alpha value is -0.530. The molecule has 0 amide bonds. The quantitative estimate of drug-likeness (QED) is 0.538. The molecule has 2 rings (SSSR count). The fourth-order valence-corrected chi connectivity index (χ4v) is 2.85. The number of carbonyl (C=O) groups excluding carboxylic acids is 1. The summed E-state index contributed by atoms with van der Waals surface area (Å²) in [6.07, 6.45) is 8.40. The second-order valence-electron chi connectivity index (χ2n) is 4.56. The van der Waals surface area contributed by atoms with Gasteiger partial charge in [-0.1, -0.05) is 19.3 Å². The number of ether oxygens (including phenoxy) is 1. The summed E-state index contributed by atoms with van der Waals surface area (Å²) in [6.45, 7) is 2.07. The predicted octanol–water partition coefficient (Wildman–Crippen LogP) is 2.66. The van der Waals surface area contributed by atoms with Gasteiger partial charge in [0.25, 0.3) is 0 Å². The molecule has 0 aromatic carbocycles. The third-order valence-corrected chi connectivity index (χ3v) is 3.85. The SMILES string of the molecule is CC1OC(=O)CCC12CCCCC2. The average Bonchev–Trinajstić information content (AvgIpc) is 2.14. The monoisotopic (exact) mass is 182 g/mol. The number of carbonyl (C=O) groups is 1. The van der Waals surface area contributed by atoms with Gasteiger partial charge in [0.15, 0.2) is 0 Å². The zero-order valence-corrected chi connectivity index (χ0v) is 8.34. The van der Waals surface area contributed by atoms with E-state index in [0.717, 1.165) is 6.42 Å². The van der Waals surface area contributed by atoms with Crippen molar-refractivity contribution in [1.82, 2.24) is 0 Å². The summed E-state index contributed by atoms with van der Waals surface area (Å²) in [5.41, 5.74) is 0.353. The second kappa shape index (κ2) is 3.32. The Morgan fingerprint density at radius 1 is 1.23 bits per heavy atom. The molecule has 1 heterocycles. The summed E-state index contributed by atoms with van der Waals surface area (Å²) in [5.74, 6) is 0.00342. The van der Waals surface area contributed by atoms with Gasteiger partial charge in [0, 0.05) is 11.8 Å². The molecular weight excluding hydrogens is 164 g/mol. The Balaban J connectivity index is 2.07. The van der Waals surface area contributed by atoms with Crippen LogP contribution in [0.3, 0.4) is 0 Å². The summed E-state index contributed by atoms with van der Waals surface area (Å²) < 4.78 is 5.34. The Kier molecular flexibility index (Phi) is 2.31. The van der Waals surface area contributed by atoms with Gasteiger partial charge in [-0.05, 0) is 26.2 Å². The van der Waals surface area contributed by atoms with E-state index in [1.807, 2.05) is 0 Å². The van der Waals surface area contributed by atoms with E-state index in [2.05, 4.69) is 6.92 Å². The van der Waals surface area contributed by atoms with E-state index in [1.165, 1.54) is 32.1 Å². The lowest BCUT2D eigenvalue weighted by atomic mass is 9.67. The molecule has 1 aliphatic heterocycles.